The SMILES string of the molecule is CCc1nc2c(N)nc3ccccc3c2n1CCCCS(N)(=O)=O. The van der Waals surface area contributed by atoms with E-state index >= 15 is 0 Å². The second-order valence-electron chi connectivity index (χ2n) is 5.82. The molecule has 0 fully saturated rings. The molecule has 0 aliphatic carbocycles. The van der Waals surface area contributed by atoms with Crippen LogP contribution in [0.4, 0.5) is 5.82 Å². The van der Waals surface area contributed by atoms with E-state index in [-0.39, 0.29) is 5.75 Å². The lowest BCUT2D eigenvalue weighted by atomic mass is 10.2. The van der Waals surface area contributed by atoms with Crippen LogP contribution in [0.15, 0.2) is 24.3 Å². The summed E-state index contributed by atoms with van der Waals surface area (Å²) in [6, 6.07) is 7.82. The van der Waals surface area contributed by atoms with Crippen molar-refractivity contribution in [1.29, 1.82) is 0 Å². The molecule has 3 rings (SSSR count). The zero-order valence-corrected chi connectivity index (χ0v) is 14.4. The van der Waals surface area contributed by atoms with Gasteiger partial charge in [0, 0.05) is 18.4 Å². The Kier molecular flexibility index (Phi) is 4.42. The number of para-hydroxylation sites is 1. The van der Waals surface area contributed by atoms with E-state index < -0.39 is 10.0 Å². The summed E-state index contributed by atoms with van der Waals surface area (Å²) in [6.45, 7) is 2.70. The van der Waals surface area contributed by atoms with E-state index in [0.717, 1.165) is 28.7 Å². The number of anilines is 1. The van der Waals surface area contributed by atoms with Gasteiger partial charge in [-0.2, -0.15) is 0 Å². The molecule has 0 atom stereocenters. The third-order valence-electron chi connectivity index (χ3n) is 4.07. The van der Waals surface area contributed by atoms with Crippen LogP contribution in [0.5, 0.6) is 0 Å². The molecule has 0 radical (unpaired) electrons. The number of aromatic nitrogens is 3. The number of nitrogen functional groups attached to an aromatic ring is 1. The van der Waals surface area contributed by atoms with Gasteiger partial charge in [0.05, 0.1) is 16.8 Å². The van der Waals surface area contributed by atoms with Gasteiger partial charge in [0.25, 0.3) is 0 Å². The number of pyridine rings is 1. The highest BCUT2D eigenvalue weighted by atomic mass is 32.2. The molecule has 0 unspecified atom stereocenters. The second kappa shape index (κ2) is 6.37. The van der Waals surface area contributed by atoms with E-state index in [0.29, 0.717) is 30.7 Å². The lowest BCUT2D eigenvalue weighted by Gasteiger charge is -2.10. The molecule has 8 heteroatoms. The van der Waals surface area contributed by atoms with Crippen LogP contribution in [0.1, 0.15) is 25.6 Å². The maximum absolute atomic E-state index is 11.1. The highest BCUT2D eigenvalue weighted by Gasteiger charge is 2.16. The summed E-state index contributed by atoms with van der Waals surface area (Å²) < 4.78 is 24.3. The van der Waals surface area contributed by atoms with Crippen molar-refractivity contribution in [1.82, 2.24) is 14.5 Å². The Morgan fingerprint density at radius 1 is 1.17 bits per heavy atom. The van der Waals surface area contributed by atoms with Crippen molar-refractivity contribution in [3.05, 3.63) is 30.1 Å². The third kappa shape index (κ3) is 3.20. The Hall–Kier alpha value is -2.19. The molecule has 0 saturated carbocycles. The summed E-state index contributed by atoms with van der Waals surface area (Å²) >= 11 is 0. The number of sulfonamides is 1. The van der Waals surface area contributed by atoms with Gasteiger partial charge < -0.3 is 10.3 Å². The molecule has 2 aromatic heterocycles. The minimum atomic E-state index is -3.42. The first-order valence-electron chi connectivity index (χ1n) is 7.94. The van der Waals surface area contributed by atoms with Gasteiger partial charge in [-0.15, -0.1) is 0 Å². The number of rotatable bonds is 6. The molecule has 0 aliphatic heterocycles. The first-order valence-corrected chi connectivity index (χ1v) is 9.66. The van der Waals surface area contributed by atoms with Gasteiger partial charge in [-0.25, -0.2) is 23.5 Å². The first-order chi connectivity index (χ1) is 11.4. The number of primary sulfonamides is 1. The molecule has 128 valence electrons. The van der Waals surface area contributed by atoms with Crippen molar-refractivity contribution >= 4 is 37.8 Å². The molecule has 7 nitrogen and oxygen atoms in total. The van der Waals surface area contributed by atoms with Crippen molar-refractivity contribution < 1.29 is 8.42 Å². The average molecular weight is 347 g/mol. The minimum absolute atomic E-state index is 0.00840. The molecule has 0 spiro atoms. The average Bonchev–Trinajstić information content (AvgIpc) is 2.90. The summed E-state index contributed by atoms with van der Waals surface area (Å²) in [5.74, 6) is 1.33. The van der Waals surface area contributed by atoms with E-state index in [1.807, 2.05) is 31.2 Å². The number of nitrogens with two attached hydrogens (primary N) is 2. The maximum Gasteiger partial charge on any atom is 0.209 e. The Bertz CT molecular complexity index is 995. The zero-order chi connectivity index (χ0) is 17.3. The van der Waals surface area contributed by atoms with Crippen LogP contribution in [0, 0.1) is 0 Å². The van der Waals surface area contributed by atoms with Gasteiger partial charge in [0.1, 0.15) is 11.3 Å². The number of nitrogens with zero attached hydrogens (tertiary/aromatic N) is 3. The van der Waals surface area contributed by atoms with Crippen molar-refractivity contribution in [3.63, 3.8) is 0 Å². The number of imidazole rings is 1. The summed E-state index contributed by atoms with van der Waals surface area (Å²) in [5, 5.41) is 6.06. The predicted molar refractivity (Wildman–Crippen MR) is 96.0 cm³/mol. The quantitative estimate of drug-likeness (QED) is 0.659. The molecule has 0 saturated heterocycles. The van der Waals surface area contributed by atoms with Crippen LogP contribution in [0.3, 0.4) is 0 Å². The lowest BCUT2D eigenvalue weighted by molar-refractivity contribution is 0.583. The number of hydrogen-bond donors (Lipinski definition) is 2. The summed E-state index contributed by atoms with van der Waals surface area (Å²) in [6.07, 6.45) is 1.98. The van der Waals surface area contributed by atoms with E-state index in [1.54, 1.807) is 0 Å². The van der Waals surface area contributed by atoms with E-state index in [4.69, 9.17) is 10.9 Å². The summed E-state index contributed by atoms with van der Waals surface area (Å²) in [4.78, 5) is 9.07. The number of benzene rings is 1. The molecule has 0 bridgehead atoms. The molecule has 0 aliphatic rings. The fraction of sp³-hybridized carbons (Fsp3) is 0.375. The molecule has 3 aromatic rings. The van der Waals surface area contributed by atoms with Gasteiger partial charge in [0.2, 0.25) is 10.0 Å². The predicted octanol–water partition coefficient (Wildman–Crippen LogP) is 1.80. The van der Waals surface area contributed by atoms with Crippen molar-refractivity contribution in [2.75, 3.05) is 11.5 Å². The van der Waals surface area contributed by atoms with Crippen molar-refractivity contribution in [2.45, 2.75) is 32.7 Å². The fourth-order valence-electron chi connectivity index (χ4n) is 2.99. The smallest absolute Gasteiger partial charge is 0.209 e. The normalized spacial score (nSPS) is 12.2. The van der Waals surface area contributed by atoms with Crippen LogP contribution >= 0.6 is 0 Å². The fourth-order valence-corrected chi connectivity index (χ4v) is 3.60. The molecule has 1 aromatic carbocycles. The molecule has 4 N–H and O–H groups in total. The summed E-state index contributed by atoms with van der Waals surface area (Å²) in [5.41, 5.74) is 8.59. The van der Waals surface area contributed by atoms with Gasteiger partial charge in [-0.05, 0) is 18.9 Å². The topological polar surface area (TPSA) is 117 Å². The largest absolute Gasteiger partial charge is 0.382 e. The highest BCUT2D eigenvalue weighted by Crippen LogP contribution is 2.29. The monoisotopic (exact) mass is 347 g/mol. The van der Waals surface area contributed by atoms with Gasteiger partial charge in [-0.3, -0.25) is 0 Å². The van der Waals surface area contributed by atoms with E-state index in [2.05, 4.69) is 14.5 Å². The highest BCUT2D eigenvalue weighted by molar-refractivity contribution is 7.89. The third-order valence-corrected chi connectivity index (χ3v) is 4.92. The minimum Gasteiger partial charge on any atom is -0.382 e. The Balaban J connectivity index is 2.05. The summed E-state index contributed by atoms with van der Waals surface area (Å²) in [7, 11) is -3.42. The van der Waals surface area contributed by atoms with Crippen molar-refractivity contribution in [3.8, 4) is 0 Å². The number of fused-ring (bicyclic) bond motifs is 3. The van der Waals surface area contributed by atoms with Crippen LogP contribution in [-0.4, -0.2) is 28.7 Å². The van der Waals surface area contributed by atoms with Gasteiger partial charge in [-0.1, -0.05) is 25.1 Å². The molecular weight excluding hydrogens is 326 g/mol. The van der Waals surface area contributed by atoms with Crippen LogP contribution in [0.25, 0.3) is 21.9 Å². The Morgan fingerprint density at radius 3 is 2.62 bits per heavy atom. The van der Waals surface area contributed by atoms with Crippen LogP contribution in [-0.2, 0) is 23.0 Å². The molecular formula is C16H21N5O2S. The van der Waals surface area contributed by atoms with E-state index in [9.17, 15) is 8.42 Å². The second-order valence-corrected chi connectivity index (χ2v) is 7.55. The van der Waals surface area contributed by atoms with Crippen molar-refractivity contribution in [2.24, 2.45) is 5.14 Å². The molecule has 0 amide bonds. The van der Waals surface area contributed by atoms with Crippen LogP contribution < -0.4 is 10.9 Å². The standard InChI is InChI=1S/C16H21N5O2S/c1-2-13-20-14-15(21(13)9-5-6-10-24(18,22)23)11-7-3-4-8-12(11)19-16(14)17/h3-4,7-8H,2,5-6,9-10H2,1H3,(H2,17,19)(H2,18,22,23). The van der Waals surface area contributed by atoms with Gasteiger partial charge >= 0.3 is 0 Å². The lowest BCUT2D eigenvalue weighted by Crippen LogP contribution is -2.16. The number of unbranched alkanes of at least 4 members (excludes halogenated alkanes) is 1. The van der Waals surface area contributed by atoms with Gasteiger partial charge in [0.15, 0.2) is 5.82 Å². The zero-order valence-electron chi connectivity index (χ0n) is 13.6. The van der Waals surface area contributed by atoms with E-state index in [1.165, 1.54) is 0 Å². The number of aryl methyl sites for hydroxylation is 2. The maximum atomic E-state index is 11.1. The molecule has 2 heterocycles. The number of hydrogen-bond acceptors (Lipinski definition) is 5. The Morgan fingerprint density at radius 2 is 1.92 bits per heavy atom. The molecule has 24 heavy (non-hydrogen) atoms. The first kappa shape index (κ1) is 16.7. The van der Waals surface area contributed by atoms with Crippen LogP contribution in [0.2, 0.25) is 0 Å². The Labute approximate surface area is 140 Å².